The van der Waals surface area contributed by atoms with E-state index in [0.29, 0.717) is 11.8 Å². The van der Waals surface area contributed by atoms with E-state index in [2.05, 4.69) is 31.0 Å². The first-order valence-corrected chi connectivity index (χ1v) is 10.2. The summed E-state index contributed by atoms with van der Waals surface area (Å²) >= 11 is 1.71. The monoisotopic (exact) mass is 331 g/mol. The van der Waals surface area contributed by atoms with Crippen molar-refractivity contribution in [2.75, 3.05) is 17.3 Å². The van der Waals surface area contributed by atoms with Gasteiger partial charge in [-0.2, -0.15) is 0 Å². The zero-order chi connectivity index (χ0) is 15.7. The quantitative estimate of drug-likeness (QED) is 0.613. The molecular formula is C14H25N3O2S2. The third kappa shape index (κ3) is 4.71. The van der Waals surface area contributed by atoms with Gasteiger partial charge in [-0.05, 0) is 24.7 Å². The van der Waals surface area contributed by atoms with Gasteiger partial charge in [0.15, 0.2) is 15.0 Å². The van der Waals surface area contributed by atoms with E-state index in [-0.39, 0.29) is 17.4 Å². The Morgan fingerprint density at radius 3 is 2.62 bits per heavy atom. The van der Waals surface area contributed by atoms with E-state index in [1.807, 2.05) is 11.6 Å². The maximum atomic E-state index is 11.6. The Morgan fingerprint density at radius 1 is 1.33 bits per heavy atom. The smallest absolute Gasteiger partial charge is 0.190 e. The summed E-state index contributed by atoms with van der Waals surface area (Å²) in [7, 11) is -0.939. The van der Waals surface area contributed by atoms with Crippen LogP contribution < -0.4 is 0 Å². The molecule has 0 unspecified atom stereocenters. The molecule has 1 aromatic rings. The molecule has 1 aliphatic rings. The van der Waals surface area contributed by atoms with Crippen LogP contribution in [-0.2, 0) is 16.9 Å². The van der Waals surface area contributed by atoms with Crippen molar-refractivity contribution in [3.63, 3.8) is 0 Å². The highest BCUT2D eigenvalue weighted by molar-refractivity contribution is 7.99. The number of hydrogen-bond donors (Lipinski definition) is 0. The van der Waals surface area contributed by atoms with Crippen LogP contribution in [0.1, 0.15) is 51.8 Å². The topological polar surface area (TPSA) is 64.8 Å². The van der Waals surface area contributed by atoms with Gasteiger partial charge < -0.3 is 4.57 Å². The van der Waals surface area contributed by atoms with Gasteiger partial charge in [-0.25, -0.2) is 8.42 Å². The Morgan fingerprint density at radius 2 is 2.05 bits per heavy atom. The molecule has 1 atom stereocenters. The highest BCUT2D eigenvalue weighted by Gasteiger charge is 2.32. The molecule has 2 heterocycles. The zero-order valence-corrected chi connectivity index (χ0v) is 14.9. The van der Waals surface area contributed by atoms with Crippen LogP contribution in [0, 0.1) is 5.41 Å². The van der Waals surface area contributed by atoms with Crippen molar-refractivity contribution >= 4 is 21.6 Å². The highest BCUT2D eigenvalue weighted by atomic mass is 32.2. The third-order valence-corrected chi connectivity index (χ3v) is 6.64. The molecule has 0 spiro atoms. The predicted octanol–water partition coefficient (Wildman–Crippen LogP) is 2.64. The van der Waals surface area contributed by atoms with Crippen LogP contribution in [0.4, 0.5) is 0 Å². The number of sulfone groups is 1. The van der Waals surface area contributed by atoms with E-state index in [0.717, 1.165) is 23.2 Å². The van der Waals surface area contributed by atoms with Crippen LogP contribution in [0.3, 0.4) is 0 Å². The molecule has 120 valence electrons. The van der Waals surface area contributed by atoms with Gasteiger partial charge in [0.2, 0.25) is 0 Å². The van der Waals surface area contributed by atoms with Crippen LogP contribution in [0.5, 0.6) is 0 Å². The molecule has 0 aromatic carbocycles. The lowest BCUT2D eigenvalue weighted by Crippen LogP contribution is -2.09. The Kier molecular flexibility index (Phi) is 5.03. The predicted molar refractivity (Wildman–Crippen MR) is 86.4 cm³/mol. The summed E-state index contributed by atoms with van der Waals surface area (Å²) in [6.45, 7) is 6.75. The summed E-state index contributed by atoms with van der Waals surface area (Å²) in [4.78, 5) is 0. The Hall–Kier alpha value is -0.560. The molecule has 7 heteroatoms. The van der Waals surface area contributed by atoms with Crippen molar-refractivity contribution in [1.82, 2.24) is 14.8 Å². The van der Waals surface area contributed by atoms with E-state index < -0.39 is 9.84 Å². The third-order valence-electron chi connectivity index (χ3n) is 3.77. The minimum absolute atomic E-state index is 0.0106. The van der Waals surface area contributed by atoms with Gasteiger partial charge in [-0.1, -0.05) is 32.5 Å². The van der Waals surface area contributed by atoms with E-state index >= 15 is 0 Å². The van der Waals surface area contributed by atoms with E-state index in [1.165, 1.54) is 6.42 Å². The molecule has 5 nitrogen and oxygen atoms in total. The Balaban J connectivity index is 1.92. The first-order chi connectivity index (χ1) is 9.68. The van der Waals surface area contributed by atoms with Crippen molar-refractivity contribution in [3.8, 4) is 0 Å². The van der Waals surface area contributed by atoms with Crippen LogP contribution in [0.25, 0.3) is 0 Å². The maximum Gasteiger partial charge on any atom is 0.190 e. The summed E-state index contributed by atoms with van der Waals surface area (Å²) in [5.41, 5.74) is 0.365. The van der Waals surface area contributed by atoms with Gasteiger partial charge in [-0.15, -0.1) is 10.2 Å². The lowest BCUT2D eigenvalue weighted by atomic mass is 9.91. The van der Waals surface area contributed by atoms with Crippen LogP contribution >= 0.6 is 11.8 Å². The largest absolute Gasteiger partial charge is 0.309 e. The van der Waals surface area contributed by atoms with Gasteiger partial charge in [-0.3, -0.25) is 0 Å². The van der Waals surface area contributed by atoms with E-state index in [4.69, 9.17) is 0 Å². The molecule has 1 aromatic heterocycles. The molecule has 21 heavy (non-hydrogen) atoms. The SMILES string of the molecule is Cn1c(SCCCC(C)(C)C)nnc1[C@@H]1CCS(=O)(=O)C1. The first-order valence-electron chi connectivity index (χ1n) is 7.40. The molecule has 0 saturated carbocycles. The maximum absolute atomic E-state index is 11.6. The number of nitrogens with zero attached hydrogens (tertiary/aromatic N) is 3. The molecule has 2 rings (SSSR count). The second kappa shape index (κ2) is 6.28. The Labute approximate surface area is 131 Å². The Bertz CT molecular complexity index is 588. The number of rotatable bonds is 5. The molecule has 1 saturated heterocycles. The van der Waals surface area contributed by atoms with Gasteiger partial charge in [0.05, 0.1) is 11.5 Å². The minimum Gasteiger partial charge on any atom is -0.309 e. The first kappa shape index (κ1) is 16.8. The van der Waals surface area contributed by atoms with E-state index in [9.17, 15) is 8.42 Å². The minimum atomic E-state index is -2.88. The average molecular weight is 332 g/mol. The van der Waals surface area contributed by atoms with Crippen molar-refractivity contribution in [2.24, 2.45) is 12.5 Å². The fourth-order valence-corrected chi connectivity index (χ4v) is 5.17. The average Bonchev–Trinajstić information content (AvgIpc) is 2.87. The van der Waals surface area contributed by atoms with E-state index in [1.54, 1.807) is 11.8 Å². The lowest BCUT2D eigenvalue weighted by molar-refractivity contribution is 0.374. The van der Waals surface area contributed by atoms with Crippen molar-refractivity contribution in [1.29, 1.82) is 0 Å². The van der Waals surface area contributed by atoms with Crippen molar-refractivity contribution < 1.29 is 8.42 Å². The second-order valence-corrected chi connectivity index (χ2v) is 10.3. The lowest BCUT2D eigenvalue weighted by Gasteiger charge is -2.17. The van der Waals surface area contributed by atoms with Crippen molar-refractivity contribution in [3.05, 3.63) is 5.82 Å². The summed E-state index contributed by atoms with van der Waals surface area (Å²) in [6.07, 6.45) is 3.00. The van der Waals surface area contributed by atoms with Crippen LogP contribution in [0.2, 0.25) is 0 Å². The van der Waals surface area contributed by atoms with Gasteiger partial charge in [0.25, 0.3) is 0 Å². The molecule has 0 bridgehead atoms. The molecule has 0 amide bonds. The van der Waals surface area contributed by atoms with Crippen LogP contribution in [-0.4, -0.2) is 40.4 Å². The van der Waals surface area contributed by atoms with Crippen LogP contribution in [0.15, 0.2) is 5.16 Å². The normalized spacial score (nSPS) is 21.8. The second-order valence-electron chi connectivity index (χ2n) is 7.01. The number of hydrogen-bond acceptors (Lipinski definition) is 5. The standard InChI is InChI=1S/C14H25N3O2S2/c1-14(2,3)7-5-8-20-13-16-15-12(17(13)4)11-6-9-21(18,19)10-11/h11H,5-10H2,1-4H3/t11-/m1/s1. The molecule has 0 N–H and O–H groups in total. The molecule has 1 aliphatic heterocycles. The molecule has 0 aliphatic carbocycles. The summed E-state index contributed by atoms with van der Waals surface area (Å²) in [5, 5.41) is 9.33. The summed E-state index contributed by atoms with van der Waals surface area (Å²) < 4.78 is 25.1. The zero-order valence-electron chi connectivity index (χ0n) is 13.3. The molecular weight excluding hydrogens is 306 g/mol. The fraction of sp³-hybridized carbons (Fsp3) is 0.857. The molecule has 1 fully saturated rings. The van der Waals surface area contributed by atoms with Gasteiger partial charge in [0.1, 0.15) is 5.82 Å². The number of aromatic nitrogens is 3. The van der Waals surface area contributed by atoms with Crippen molar-refractivity contribution in [2.45, 2.75) is 51.1 Å². The summed E-state index contributed by atoms with van der Waals surface area (Å²) in [6, 6.07) is 0. The van der Waals surface area contributed by atoms with Gasteiger partial charge >= 0.3 is 0 Å². The highest BCUT2D eigenvalue weighted by Crippen LogP contribution is 2.30. The fourth-order valence-electron chi connectivity index (χ4n) is 2.57. The summed E-state index contributed by atoms with van der Waals surface area (Å²) in [5.74, 6) is 2.34. The molecule has 0 radical (unpaired) electrons. The van der Waals surface area contributed by atoms with Gasteiger partial charge in [0, 0.05) is 18.7 Å². The number of thioether (sulfide) groups is 1.